The highest BCUT2D eigenvalue weighted by Crippen LogP contribution is 2.36. The summed E-state index contributed by atoms with van der Waals surface area (Å²) in [5.74, 6) is 0. The lowest BCUT2D eigenvalue weighted by Gasteiger charge is -2.29. The molecule has 0 aromatic carbocycles. The van der Waals surface area contributed by atoms with Crippen LogP contribution in [0.3, 0.4) is 0 Å². The first-order chi connectivity index (χ1) is 6.59. The molecule has 1 unspecified atom stereocenters. The number of nitrogens with zero attached hydrogens (tertiary/aromatic N) is 1. The molecule has 0 radical (unpaired) electrons. The van der Waals surface area contributed by atoms with Gasteiger partial charge in [-0.15, -0.1) is 0 Å². The van der Waals surface area contributed by atoms with Crippen LogP contribution in [0.25, 0.3) is 0 Å². The van der Waals surface area contributed by atoms with E-state index in [9.17, 15) is 13.2 Å². The summed E-state index contributed by atoms with van der Waals surface area (Å²) in [6.45, 7) is 0.775. The minimum atomic E-state index is -4.28. The SMILES string of the molecule is FC(F)(F)c1ccncc1C1CCN1. The highest BCUT2D eigenvalue weighted by molar-refractivity contribution is 5.30. The van der Waals surface area contributed by atoms with Crippen molar-refractivity contribution in [2.24, 2.45) is 0 Å². The highest BCUT2D eigenvalue weighted by atomic mass is 19.4. The summed E-state index contributed by atoms with van der Waals surface area (Å²) in [4.78, 5) is 3.72. The Labute approximate surface area is 79.2 Å². The minimum absolute atomic E-state index is 0.180. The Morgan fingerprint density at radius 3 is 2.64 bits per heavy atom. The Morgan fingerprint density at radius 1 is 1.43 bits per heavy atom. The lowest BCUT2D eigenvalue weighted by atomic mass is 9.95. The summed E-state index contributed by atoms with van der Waals surface area (Å²) in [6.07, 6.45) is -1.07. The van der Waals surface area contributed by atoms with Crippen LogP contribution in [0.2, 0.25) is 0 Å². The molecule has 2 heterocycles. The largest absolute Gasteiger partial charge is 0.416 e. The molecular formula is C9H9F3N2. The third kappa shape index (κ3) is 1.59. The second kappa shape index (κ2) is 3.24. The summed E-state index contributed by atoms with van der Waals surface area (Å²) in [7, 11) is 0. The molecule has 1 N–H and O–H groups in total. The molecule has 0 spiro atoms. The van der Waals surface area contributed by atoms with E-state index >= 15 is 0 Å². The lowest BCUT2D eigenvalue weighted by molar-refractivity contribution is -0.138. The van der Waals surface area contributed by atoms with Gasteiger partial charge in [0.25, 0.3) is 0 Å². The van der Waals surface area contributed by atoms with Gasteiger partial charge < -0.3 is 5.32 Å². The Morgan fingerprint density at radius 2 is 2.14 bits per heavy atom. The van der Waals surface area contributed by atoms with Crippen LogP contribution in [-0.4, -0.2) is 11.5 Å². The normalized spacial score (nSPS) is 21.8. The molecule has 76 valence electrons. The van der Waals surface area contributed by atoms with E-state index in [2.05, 4.69) is 10.3 Å². The van der Waals surface area contributed by atoms with Crippen LogP contribution in [0.5, 0.6) is 0 Å². The molecule has 1 aromatic heterocycles. The number of halogens is 3. The zero-order valence-electron chi connectivity index (χ0n) is 7.30. The number of hydrogen-bond donors (Lipinski definition) is 1. The van der Waals surface area contributed by atoms with Gasteiger partial charge in [0.2, 0.25) is 0 Å². The van der Waals surface area contributed by atoms with Crippen LogP contribution in [0.15, 0.2) is 18.5 Å². The lowest BCUT2D eigenvalue weighted by Crippen LogP contribution is -2.36. The van der Waals surface area contributed by atoms with E-state index in [0.29, 0.717) is 0 Å². The van der Waals surface area contributed by atoms with Crippen molar-refractivity contribution in [2.45, 2.75) is 18.6 Å². The van der Waals surface area contributed by atoms with Gasteiger partial charge in [-0.25, -0.2) is 0 Å². The number of alkyl halides is 3. The van der Waals surface area contributed by atoms with Gasteiger partial charge in [-0.05, 0) is 24.6 Å². The second-order valence-corrected chi connectivity index (χ2v) is 3.26. The maximum absolute atomic E-state index is 12.5. The Balaban J connectivity index is 2.38. The fourth-order valence-corrected chi connectivity index (χ4v) is 1.50. The summed E-state index contributed by atoms with van der Waals surface area (Å²) in [5, 5.41) is 2.93. The molecule has 1 aromatic rings. The van der Waals surface area contributed by atoms with E-state index < -0.39 is 11.7 Å². The van der Waals surface area contributed by atoms with Crippen molar-refractivity contribution in [3.05, 3.63) is 29.6 Å². The summed E-state index contributed by atoms with van der Waals surface area (Å²) >= 11 is 0. The van der Waals surface area contributed by atoms with Gasteiger partial charge in [0.15, 0.2) is 0 Å². The fourth-order valence-electron chi connectivity index (χ4n) is 1.50. The van der Waals surface area contributed by atoms with E-state index in [1.165, 1.54) is 12.4 Å². The van der Waals surface area contributed by atoms with Crippen molar-refractivity contribution in [2.75, 3.05) is 6.54 Å². The number of pyridine rings is 1. The molecule has 1 saturated heterocycles. The summed E-state index contributed by atoms with van der Waals surface area (Å²) in [6, 6.07) is 0.843. The maximum atomic E-state index is 12.5. The molecule has 1 aliphatic rings. The first-order valence-electron chi connectivity index (χ1n) is 4.33. The highest BCUT2D eigenvalue weighted by Gasteiger charge is 2.36. The van der Waals surface area contributed by atoms with Gasteiger partial charge >= 0.3 is 6.18 Å². The van der Waals surface area contributed by atoms with Gasteiger partial charge in [-0.1, -0.05) is 0 Å². The van der Waals surface area contributed by atoms with Crippen molar-refractivity contribution in [1.29, 1.82) is 0 Å². The smallest absolute Gasteiger partial charge is 0.310 e. The van der Waals surface area contributed by atoms with E-state index in [1.54, 1.807) is 0 Å². The van der Waals surface area contributed by atoms with Crippen molar-refractivity contribution in [3.63, 3.8) is 0 Å². The Bertz CT molecular complexity index is 331. The molecule has 2 rings (SSSR count). The van der Waals surface area contributed by atoms with E-state index in [1.807, 2.05) is 0 Å². The summed E-state index contributed by atoms with van der Waals surface area (Å²) in [5.41, 5.74) is -0.323. The van der Waals surface area contributed by atoms with E-state index in [0.717, 1.165) is 19.0 Å². The number of rotatable bonds is 1. The molecule has 14 heavy (non-hydrogen) atoms. The zero-order chi connectivity index (χ0) is 10.2. The standard InChI is InChI=1S/C9H9F3N2/c10-9(11,12)7-1-3-13-5-6(7)8-2-4-14-8/h1,3,5,8,14H,2,4H2. The molecular weight excluding hydrogens is 193 g/mol. The van der Waals surface area contributed by atoms with Crippen LogP contribution < -0.4 is 5.32 Å². The summed E-state index contributed by atoms with van der Waals surface area (Å²) < 4.78 is 37.5. The average Bonchev–Trinajstić information content (AvgIpc) is 2.00. The second-order valence-electron chi connectivity index (χ2n) is 3.26. The van der Waals surface area contributed by atoms with E-state index in [-0.39, 0.29) is 11.6 Å². The monoisotopic (exact) mass is 202 g/mol. The third-order valence-corrected chi connectivity index (χ3v) is 2.36. The first kappa shape index (κ1) is 9.45. The predicted molar refractivity (Wildman–Crippen MR) is 44.6 cm³/mol. The van der Waals surface area contributed by atoms with Gasteiger partial charge in [0.05, 0.1) is 5.56 Å². The molecule has 1 atom stereocenters. The van der Waals surface area contributed by atoms with Gasteiger partial charge in [0.1, 0.15) is 0 Å². The van der Waals surface area contributed by atoms with Crippen LogP contribution in [0, 0.1) is 0 Å². The number of nitrogens with one attached hydrogen (secondary N) is 1. The van der Waals surface area contributed by atoms with Gasteiger partial charge in [0, 0.05) is 18.4 Å². The first-order valence-corrected chi connectivity index (χ1v) is 4.33. The van der Waals surface area contributed by atoms with Crippen molar-refractivity contribution in [3.8, 4) is 0 Å². The zero-order valence-corrected chi connectivity index (χ0v) is 7.30. The molecule has 1 aliphatic heterocycles. The fraction of sp³-hybridized carbons (Fsp3) is 0.444. The topological polar surface area (TPSA) is 24.9 Å². The van der Waals surface area contributed by atoms with Crippen molar-refractivity contribution >= 4 is 0 Å². The molecule has 0 bridgehead atoms. The number of hydrogen-bond acceptors (Lipinski definition) is 2. The molecule has 0 amide bonds. The van der Waals surface area contributed by atoms with E-state index in [4.69, 9.17) is 0 Å². The minimum Gasteiger partial charge on any atom is -0.310 e. The average molecular weight is 202 g/mol. The molecule has 0 saturated carbocycles. The number of aromatic nitrogens is 1. The molecule has 2 nitrogen and oxygen atoms in total. The molecule has 5 heteroatoms. The van der Waals surface area contributed by atoms with Gasteiger partial charge in [-0.2, -0.15) is 13.2 Å². The molecule has 0 aliphatic carbocycles. The van der Waals surface area contributed by atoms with Crippen LogP contribution in [0.4, 0.5) is 13.2 Å². The third-order valence-electron chi connectivity index (χ3n) is 2.36. The van der Waals surface area contributed by atoms with Crippen molar-refractivity contribution < 1.29 is 13.2 Å². The van der Waals surface area contributed by atoms with Crippen LogP contribution >= 0.6 is 0 Å². The Hall–Kier alpha value is -1.10. The van der Waals surface area contributed by atoms with Gasteiger partial charge in [-0.3, -0.25) is 4.98 Å². The van der Waals surface area contributed by atoms with Crippen molar-refractivity contribution in [1.82, 2.24) is 10.3 Å². The quantitative estimate of drug-likeness (QED) is 0.754. The predicted octanol–water partition coefficient (Wildman–Crippen LogP) is 2.13. The molecule has 1 fully saturated rings. The van der Waals surface area contributed by atoms with Crippen LogP contribution in [0.1, 0.15) is 23.6 Å². The Kier molecular flexibility index (Phi) is 2.19. The maximum Gasteiger partial charge on any atom is 0.416 e. The van der Waals surface area contributed by atoms with Crippen LogP contribution in [-0.2, 0) is 6.18 Å².